The van der Waals surface area contributed by atoms with Crippen LogP contribution in [-0.4, -0.2) is 44.1 Å². The number of rotatable bonds is 6. The number of hydrogen-bond donors (Lipinski definition) is 1. The molecule has 1 amide bonds. The Kier molecular flexibility index (Phi) is 5.24. The predicted molar refractivity (Wildman–Crippen MR) is 98.5 cm³/mol. The van der Waals surface area contributed by atoms with Gasteiger partial charge < -0.3 is 14.5 Å². The molecule has 1 aliphatic heterocycles. The first-order valence-corrected chi connectivity index (χ1v) is 10.6. The second-order valence-corrected chi connectivity index (χ2v) is 8.45. The summed E-state index contributed by atoms with van der Waals surface area (Å²) in [5, 5.41) is 3.77. The third-order valence-electron chi connectivity index (χ3n) is 4.54. The summed E-state index contributed by atoms with van der Waals surface area (Å²) in [6.07, 6.45) is 2.35. The van der Waals surface area contributed by atoms with Gasteiger partial charge in [-0.2, -0.15) is 4.31 Å². The molecule has 0 aliphatic carbocycles. The molecule has 1 aromatic heterocycles. The Morgan fingerprint density at radius 1 is 1.46 bits per heavy atom. The van der Waals surface area contributed by atoms with E-state index in [9.17, 15) is 13.2 Å². The molecule has 2 unspecified atom stereocenters. The van der Waals surface area contributed by atoms with E-state index in [1.54, 1.807) is 0 Å². The molecule has 1 aliphatic rings. The van der Waals surface area contributed by atoms with E-state index in [2.05, 4.69) is 5.32 Å². The minimum absolute atomic E-state index is 0.300. The Hall–Kier alpha value is -2.06. The van der Waals surface area contributed by atoms with Crippen LogP contribution in [0.1, 0.15) is 38.5 Å². The Morgan fingerprint density at radius 3 is 2.92 bits per heavy atom. The normalized spacial score (nSPS) is 19.6. The Balaban J connectivity index is 1.77. The minimum atomic E-state index is -3.40. The van der Waals surface area contributed by atoms with Crippen LogP contribution < -0.4 is 10.1 Å². The van der Waals surface area contributed by atoms with E-state index in [0.717, 1.165) is 11.6 Å². The van der Waals surface area contributed by atoms with Crippen LogP contribution in [0.5, 0.6) is 5.75 Å². The molecule has 8 heteroatoms. The van der Waals surface area contributed by atoms with E-state index >= 15 is 0 Å². The van der Waals surface area contributed by atoms with E-state index < -0.39 is 16.1 Å². The van der Waals surface area contributed by atoms with Crippen molar-refractivity contribution in [1.82, 2.24) is 9.62 Å². The van der Waals surface area contributed by atoms with Crippen LogP contribution >= 0.6 is 0 Å². The molecule has 1 saturated heterocycles. The average Bonchev–Trinajstić information content (AvgIpc) is 3.22. The highest BCUT2D eigenvalue weighted by atomic mass is 32.2. The number of nitrogens with one attached hydrogen (secondary N) is 1. The first kappa shape index (κ1) is 18.7. The zero-order chi connectivity index (χ0) is 18.9. The topological polar surface area (TPSA) is 88.9 Å². The van der Waals surface area contributed by atoms with Gasteiger partial charge in [-0.3, -0.25) is 4.79 Å². The fourth-order valence-corrected chi connectivity index (χ4v) is 4.44. The van der Waals surface area contributed by atoms with Crippen LogP contribution in [0.4, 0.5) is 0 Å². The van der Waals surface area contributed by atoms with Gasteiger partial charge in [0.15, 0.2) is 11.3 Å². The number of carbonyl (C=O) groups excluding carboxylic acids is 1. The second-order valence-electron chi connectivity index (χ2n) is 6.52. The van der Waals surface area contributed by atoms with Gasteiger partial charge in [-0.25, -0.2) is 8.42 Å². The van der Waals surface area contributed by atoms with Crippen LogP contribution in [0, 0.1) is 0 Å². The summed E-state index contributed by atoms with van der Waals surface area (Å²) in [6, 6.07) is 6.47. The van der Waals surface area contributed by atoms with Crippen molar-refractivity contribution >= 4 is 26.9 Å². The SMILES string of the molecule is CCOc1cccc2cc(C(C)NC(=O)C3CCCN3S(C)(=O)=O)oc12. The summed E-state index contributed by atoms with van der Waals surface area (Å²) in [4.78, 5) is 12.6. The summed E-state index contributed by atoms with van der Waals surface area (Å²) in [6.45, 7) is 4.63. The first-order chi connectivity index (χ1) is 12.3. The van der Waals surface area contributed by atoms with Crippen LogP contribution in [0.25, 0.3) is 11.0 Å². The van der Waals surface area contributed by atoms with Crippen molar-refractivity contribution in [3.8, 4) is 5.75 Å². The third kappa shape index (κ3) is 3.71. The molecule has 0 saturated carbocycles. The van der Waals surface area contributed by atoms with Gasteiger partial charge in [-0.05, 0) is 38.8 Å². The molecule has 142 valence electrons. The maximum absolute atomic E-state index is 12.6. The predicted octanol–water partition coefficient (Wildman–Crippen LogP) is 2.43. The Labute approximate surface area is 153 Å². The number of amides is 1. The van der Waals surface area contributed by atoms with E-state index in [0.29, 0.717) is 43.1 Å². The molecule has 7 nitrogen and oxygen atoms in total. The molecular weight excluding hydrogens is 356 g/mol. The summed E-state index contributed by atoms with van der Waals surface area (Å²) in [7, 11) is -3.40. The second kappa shape index (κ2) is 7.28. The molecule has 3 rings (SSSR count). The number of furan rings is 1. The molecule has 2 aromatic rings. The monoisotopic (exact) mass is 380 g/mol. The molecule has 0 bridgehead atoms. The molecule has 0 radical (unpaired) electrons. The van der Waals surface area contributed by atoms with Crippen LogP contribution in [0.15, 0.2) is 28.7 Å². The van der Waals surface area contributed by atoms with Gasteiger partial charge >= 0.3 is 0 Å². The molecule has 2 atom stereocenters. The lowest BCUT2D eigenvalue weighted by Gasteiger charge is -2.22. The lowest BCUT2D eigenvalue weighted by Crippen LogP contribution is -2.46. The summed E-state index contributed by atoms with van der Waals surface area (Å²) < 4.78 is 36.4. The summed E-state index contributed by atoms with van der Waals surface area (Å²) in [5.41, 5.74) is 0.643. The number of nitrogens with zero attached hydrogens (tertiary/aromatic N) is 1. The average molecular weight is 380 g/mol. The smallest absolute Gasteiger partial charge is 0.239 e. The fourth-order valence-electron chi connectivity index (χ4n) is 3.32. The zero-order valence-corrected chi connectivity index (χ0v) is 16.0. The largest absolute Gasteiger partial charge is 0.490 e. The first-order valence-electron chi connectivity index (χ1n) is 8.73. The third-order valence-corrected chi connectivity index (χ3v) is 5.83. The van der Waals surface area contributed by atoms with Crippen molar-refractivity contribution in [1.29, 1.82) is 0 Å². The van der Waals surface area contributed by atoms with E-state index in [4.69, 9.17) is 9.15 Å². The molecule has 1 fully saturated rings. The lowest BCUT2D eigenvalue weighted by molar-refractivity contribution is -0.125. The van der Waals surface area contributed by atoms with Gasteiger partial charge in [-0.15, -0.1) is 0 Å². The van der Waals surface area contributed by atoms with Crippen molar-refractivity contribution in [3.63, 3.8) is 0 Å². The van der Waals surface area contributed by atoms with Crippen molar-refractivity contribution < 1.29 is 22.4 Å². The molecule has 0 spiro atoms. The number of ether oxygens (including phenoxy) is 1. The van der Waals surface area contributed by atoms with E-state index in [-0.39, 0.29) is 11.9 Å². The van der Waals surface area contributed by atoms with Crippen LogP contribution in [0.2, 0.25) is 0 Å². The summed E-state index contributed by atoms with van der Waals surface area (Å²) >= 11 is 0. The quantitative estimate of drug-likeness (QED) is 0.831. The molecule has 26 heavy (non-hydrogen) atoms. The molecule has 1 N–H and O–H groups in total. The summed E-state index contributed by atoms with van der Waals surface area (Å²) in [5.74, 6) is 0.962. The number of benzene rings is 1. The molecule has 1 aromatic carbocycles. The maximum Gasteiger partial charge on any atom is 0.239 e. The zero-order valence-electron chi connectivity index (χ0n) is 15.2. The van der Waals surface area contributed by atoms with Gasteiger partial charge in [-0.1, -0.05) is 12.1 Å². The van der Waals surface area contributed by atoms with Gasteiger partial charge in [0.1, 0.15) is 11.8 Å². The van der Waals surface area contributed by atoms with Crippen molar-refractivity contribution in [2.45, 2.75) is 38.8 Å². The van der Waals surface area contributed by atoms with Crippen molar-refractivity contribution in [3.05, 3.63) is 30.0 Å². The highest BCUT2D eigenvalue weighted by Gasteiger charge is 2.37. The van der Waals surface area contributed by atoms with Crippen molar-refractivity contribution in [2.75, 3.05) is 19.4 Å². The van der Waals surface area contributed by atoms with E-state index in [1.807, 2.05) is 38.1 Å². The number of hydrogen-bond acceptors (Lipinski definition) is 5. The highest BCUT2D eigenvalue weighted by molar-refractivity contribution is 7.88. The number of fused-ring (bicyclic) bond motifs is 1. The standard InChI is InChI=1S/C18H24N2O5S/c1-4-24-15-9-5-7-13-11-16(25-17(13)15)12(2)19-18(21)14-8-6-10-20(14)26(3,22)23/h5,7,9,11-12,14H,4,6,8,10H2,1-3H3,(H,19,21). The van der Waals surface area contributed by atoms with Crippen LogP contribution in [0.3, 0.4) is 0 Å². The van der Waals surface area contributed by atoms with Gasteiger partial charge in [0.2, 0.25) is 15.9 Å². The Bertz CT molecular complexity index is 905. The fraction of sp³-hybridized carbons (Fsp3) is 0.500. The van der Waals surface area contributed by atoms with Gasteiger partial charge in [0.05, 0.1) is 18.9 Å². The highest BCUT2D eigenvalue weighted by Crippen LogP contribution is 2.31. The maximum atomic E-state index is 12.6. The van der Waals surface area contributed by atoms with E-state index in [1.165, 1.54) is 4.31 Å². The molecule has 2 heterocycles. The number of para-hydroxylation sites is 1. The molecular formula is C18H24N2O5S. The Morgan fingerprint density at radius 2 is 2.23 bits per heavy atom. The minimum Gasteiger partial charge on any atom is -0.490 e. The van der Waals surface area contributed by atoms with Crippen LogP contribution in [-0.2, 0) is 14.8 Å². The number of carbonyl (C=O) groups is 1. The van der Waals surface area contributed by atoms with Gasteiger partial charge in [0, 0.05) is 11.9 Å². The van der Waals surface area contributed by atoms with Gasteiger partial charge in [0.25, 0.3) is 0 Å². The number of sulfonamides is 1. The van der Waals surface area contributed by atoms with Crippen molar-refractivity contribution in [2.24, 2.45) is 0 Å². The lowest BCUT2D eigenvalue weighted by atomic mass is 10.1.